The van der Waals surface area contributed by atoms with Crippen molar-refractivity contribution in [3.63, 3.8) is 0 Å². The van der Waals surface area contributed by atoms with Crippen molar-refractivity contribution in [1.29, 1.82) is 0 Å². The summed E-state index contributed by atoms with van der Waals surface area (Å²) in [5, 5.41) is 17.4. The number of rotatable bonds is 5. The molecule has 118 valence electrons. The van der Waals surface area contributed by atoms with Crippen molar-refractivity contribution in [1.82, 2.24) is 25.0 Å². The van der Waals surface area contributed by atoms with E-state index in [0.29, 0.717) is 22.6 Å². The summed E-state index contributed by atoms with van der Waals surface area (Å²) in [5.41, 5.74) is 3.07. The molecule has 0 saturated carbocycles. The number of carboxylic acids is 1. The van der Waals surface area contributed by atoms with Crippen molar-refractivity contribution in [3.05, 3.63) is 36.2 Å². The monoisotopic (exact) mass is 329 g/mol. The zero-order valence-corrected chi connectivity index (χ0v) is 13.5. The van der Waals surface area contributed by atoms with E-state index in [0.717, 1.165) is 11.3 Å². The highest BCUT2D eigenvalue weighted by Crippen LogP contribution is 2.28. The van der Waals surface area contributed by atoms with Gasteiger partial charge in [-0.25, -0.2) is 9.97 Å². The van der Waals surface area contributed by atoms with Gasteiger partial charge in [0.25, 0.3) is 0 Å². The van der Waals surface area contributed by atoms with Crippen molar-refractivity contribution in [2.45, 2.75) is 30.5 Å². The number of hydrogen-bond acceptors (Lipinski definition) is 6. The Kier molecular flexibility index (Phi) is 4.24. The topological polar surface area (TPSA) is 93.8 Å². The lowest BCUT2D eigenvalue weighted by Crippen LogP contribution is -2.15. The fourth-order valence-corrected chi connectivity index (χ4v) is 3.01. The van der Waals surface area contributed by atoms with E-state index in [1.54, 1.807) is 4.68 Å². The van der Waals surface area contributed by atoms with Gasteiger partial charge in [-0.1, -0.05) is 41.6 Å². The summed E-state index contributed by atoms with van der Waals surface area (Å²) < 4.78 is 1.63. The van der Waals surface area contributed by atoms with Gasteiger partial charge in [-0.05, 0) is 25.5 Å². The maximum absolute atomic E-state index is 11.2. The normalized spacial score (nSPS) is 12.4. The molecule has 1 atom stereocenters. The molecule has 0 fully saturated rings. The van der Waals surface area contributed by atoms with Crippen molar-refractivity contribution in [2.75, 3.05) is 0 Å². The summed E-state index contributed by atoms with van der Waals surface area (Å²) >= 11 is 1.17. The van der Waals surface area contributed by atoms with Crippen LogP contribution >= 0.6 is 11.8 Å². The molecule has 2 heterocycles. The van der Waals surface area contributed by atoms with E-state index in [1.165, 1.54) is 18.1 Å². The van der Waals surface area contributed by atoms with E-state index in [-0.39, 0.29) is 0 Å². The first-order valence-corrected chi connectivity index (χ1v) is 8.01. The van der Waals surface area contributed by atoms with Crippen molar-refractivity contribution in [3.8, 4) is 5.69 Å². The van der Waals surface area contributed by atoms with Gasteiger partial charge in [-0.2, -0.15) is 4.68 Å². The minimum Gasteiger partial charge on any atom is -0.480 e. The second kappa shape index (κ2) is 6.33. The molecular formula is C15H15N5O2S. The minimum absolute atomic E-state index is 0.498. The zero-order chi connectivity index (χ0) is 16.4. The number of aryl methyl sites for hydroxylation is 1. The van der Waals surface area contributed by atoms with Gasteiger partial charge in [0.05, 0.1) is 5.69 Å². The van der Waals surface area contributed by atoms with Gasteiger partial charge in [0.15, 0.2) is 11.2 Å². The molecule has 0 unspecified atom stereocenters. The summed E-state index contributed by atoms with van der Waals surface area (Å²) in [7, 11) is 0. The van der Waals surface area contributed by atoms with Crippen molar-refractivity contribution in [2.24, 2.45) is 0 Å². The maximum Gasteiger partial charge on any atom is 0.317 e. The van der Waals surface area contributed by atoms with E-state index in [1.807, 2.05) is 38.1 Å². The Bertz CT molecular complexity index is 847. The largest absolute Gasteiger partial charge is 0.480 e. The lowest BCUT2D eigenvalue weighted by molar-refractivity contribution is -0.136. The van der Waals surface area contributed by atoms with Crippen LogP contribution in [0.5, 0.6) is 0 Å². The Morgan fingerprint density at radius 3 is 2.70 bits per heavy atom. The maximum atomic E-state index is 11.2. The van der Waals surface area contributed by atoms with Gasteiger partial charge in [0.2, 0.25) is 0 Å². The fraction of sp³-hybridized carbons (Fsp3) is 0.267. The first-order valence-electron chi connectivity index (χ1n) is 7.13. The van der Waals surface area contributed by atoms with Crippen LogP contribution in [0.4, 0.5) is 0 Å². The van der Waals surface area contributed by atoms with Crippen LogP contribution in [0.2, 0.25) is 0 Å². The predicted molar refractivity (Wildman–Crippen MR) is 86.8 cm³/mol. The Hall–Kier alpha value is -2.48. The Morgan fingerprint density at radius 2 is 2.04 bits per heavy atom. The molecule has 7 nitrogen and oxygen atoms in total. The highest BCUT2D eigenvalue weighted by atomic mass is 32.2. The highest BCUT2D eigenvalue weighted by Gasteiger charge is 2.21. The number of fused-ring (bicyclic) bond motifs is 1. The van der Waals surface area contributed by atoms with Gasteiger partial charge >= 0.3 is 5.97 Å². The Morgan fingerprint density at radius 1 is 1.30 bits per heavy atom. The Balaban J connectivity index is 2.03. The quantitative estimate of drug-likeness (QED) is 0.567. The summed E-state index contributed by atoms with van der Waals surface area (Å²) in [6.45, 7) is 3.84. The summed E-state index contributed by atoms with van der Waals surface area (Å²) in [6.07, 6.45) is 1.91. The molecule has 0 bridgehead atoms. The van der Waals surface area contributed by atoms with Crippen LogP contribution in [0, 0.1) is 6.92 Å². The number of aromatic nitrogens is 5. The average molecular weight is 329 g/mol. The lowest BCUT2D eigenvalue weighted by Gasteiger charge is -2.08. The van der Waals surface area contributed by atoms with Gasteiger partial charge in [-0.3, -0.25) is 4.79 Å². The van der Waals surface area contributed by atoms with Crippen LogP contribution in [0.3, 0.4) is 0 Å². The third kappa shape index (κ3) is 3.02. The number of nitrogens with zero attached hydrogens (tertiary/aromatic N) is 5. The third-order valence-electron chi connectivity index (χ3n) is 3.38. The lowest BCUT2D eigenvalue weighted by atomic mass is 10.2. The van der Waals surface area contributed by atoms with Gasteiger partial charge < -0.3 is 5.11 Å². The SMILES string of the molecule is CC[C@@H](Sc1ncnc2c1nnn2-c1ccc(C)cc1)C(=O)O. The van der Waals surface area contributed by atoms with Gasteiger partial charge in [0.1, 0.15) is 16.6 Å². The number of benzene rings is 1. The summed E-state index contributed by atoms with van der Waals surface area (Å²) in [6, 6.07) is 7.84. The fourth-order valence-electron chi connectivity index (χ4n) is 2.12. The van der Waals surface area contributed by atoms with Crippen LogP contribution in [0.15, 0.2) is 35.6 Å². The van der Waals surface area contributed by atoms with Crippen molar-refractivity contribution < 1.29 is 9.90 Å². The first-order chi connectivity index (χ1) is 11.1. The number of thioether (sulfide) groups is 1. The van der Waals surface area contributed by atoms with Gasteiger partial charge in [-0.15, -0.1) is 5.10 Å². The minimum atomic E-state index is -0.866. The molecule has 3 rings (SSSR count). The molecule has 0 aliphatic carbocycles. The molecule has 0 amide bonds. The molecule has 0 aliphatic rings. The summed E-state index contributed by atoms with van der Waals surface area (Å²) in [5.74, 6) is -0.866. The van der Waals surface area contributed by atoms with E-state index < -0.39 is 11.2 Å². The molecule has 0 spiro atoms. The zero-order valence-electron chi connectivity index (χ0n) is 12.7. The molecule has 3 aromatic rings. The molecule has 0 saturated heterocycles. The molecule has 0 radical (unpaired) electrons. The number of hydrogen-bond donors (Lipinski definition) is 1. The standard InChI is InChI=1S/C15H15N5O2S/c1-3-11(15(21)22)23-14-12-13(16-8-17-14)20(19-18-12)10-6-4-9(2)5-7-10/h4-8,11H,3H2,1-2H3,(H,21,22)/t11-/m1/s1. The number of carboxylic acid groups (broad SMARTS) is 1. The first kappa shape index (κ1) is 15.4. The molecule has 1 aromatic carbocycles. The Labute approximate surface area is 136 Å². The second-order valence-electron chi connectivity index (χ2n) is 5.04. The van der Waals surface area contributed by atoms with E-state index in [4.69, 9.17) is 0 Å². The summed E-state index contributed by atoms with van der Waals surface area (Å²) in [4.78, 5) is 19.6. The van der Waals surface area contributed by atoms with Crippen LogP contribution < -0.4 is 0 Å². The van der Waals surface area contributed by atoms with Crippen molar-refractivity contribution >= 4 is 28.9 Å². The molecule has 1 N–H and O–H groups in total. The van der Waals surface area contributed by atoms with E-state index in [9.17, 15) is 9.90 Å². The third-order valence-corrected chi connectivity index (χ3v) is 4.72. The molecule has 23 heavy (non-hydrogen) atoms. The van der Waals surface area contributed by atoms with Gasteiger partial charge in [0, 0.05) is 0 Å². The second-order valence-corrected chi connectivity index (χ2v) is 6.23. The molecule has 2 aromatic heterocycles. The number of aliphatic carboxylic acids is 1. The number of carbonyl (C=O) groups is 1. The smallest absolute Gasteiger partial charge is 0.317 e. The average Bonchev–Trinajstić information content (AvgIpc) is 2.98. The van der Waals surface area contributed by atoms with Crippen LogP contribution in [-0.2, 0) is 4.79 Å². The van der Waals surface area contributed by atoms with E-state index >= 15 is 0 Å². The van der Waals surface area contributed by atoms with Crippen LogP contribution in [0.1, 0.15) is 18.9 Å². The molecule has 8 heteroatoms. The molecular weight excluding hydrogens is 314 g/mol. The van der Waals surface area contributed by atoms with Crippen LogP contribution in [-0.4, -0.2) is 41.3 Å². The van der Waals surface area contributed by atoms with E-state index in [2.05, 4.69) is 20.3 Å². The predicted octanol–water partition coefficient (Wildman–Crippen LogP) is 2.47. The molecule has 0 aliphatic heterocycles. The van der Waals surface area contributed by atoms with Crippen LogP contribution in [0.25, 0.3) is 16.9 Å². The highest BCUT2D eigenvalue weighted by molar-refractivity contribution is 8.00.